The van der Waals surface area contributed by atoms with E-state index in [1.54, 1.807) is 0 Å². The summed E-state index contributed by atoms with van der Waals surface area (Å²) in [6.07, 6.45) is 1.78. The summed E-state index contributed by atoms with van der Waals surface area (Å²) in [4.78, 5) is 33.0. The van der Waals surface area contributed by atoms with Gasteiger partial charge in [-0.25, -0.2) is 9.18 Å². The molecule has 1 saturated carbocycles. The van der Waals surface area contributed by atoms with E-state index >= 15 is 4.39 Å². The van der Waals surface area contributed by atoms with Crippen LogP contribution in [0.5, 0.6) is 11.9 Å². The molecule has 10 nitrogen and oxygen atoms in total. The van der Waals surface area contributed by atoms with Crippen LogP contribution in [0.3, 0.4) is 0 Å². The van der Waals surface area contributed by atoms with E-state index in [2.05, 4.69) is 19.8 Å². The monoisotopic (exact) mass is 650 g/mol. The number of anilines is 1. The number of carbonyl (C=O) groups is 1. The van der Waals surface area contributed by atoms with E-state index < -0.39 is 23.6 Å². The lowest BCUT2D eigenvalue weighted by molar-refractivity contribution is 0.000935. The average molecular weight is 651 g/mol. The zero-order chi connectivity index (χ0) is 31.8. The predicted octanol–water partition coefficient (Wildman–Crippen LogP) is 5.96. The molecule has 4 fully saturated rings. The highest BCUT2D eigenvalue weighted by Crippen LogP contribution is 2.48. The molecule has 0 radical (unpaired) electrons. The van der Waals surface area contributed by atoms with Crippen LogP contribution >= 0.6 is 11.6 Å². The number of piperazine rings is 1. The Morgan fingerprint density at radius 3 is 2.53 bits per heavy atom. The lowest BCUT2D eigenvalue weighted by Gasteiger charge is -2.48. The van der Waals surface area contributed by atoms with E-state index in [1.165, 1.54) is 0 Å². The van der Waals surface area contributed by atoms with Gasteiger partial charge in [0.1, 0.15) is 28.4 Å². The number of aromatic nitrogens is 3. The van der Waals surface area contributed by atoms with Crippen LogP contribution in [0.1, 0.15) is 66.2 Å². The molecular weight excluding hydrogens is 613 g/mol. The molecule has 3 saturated heterocycles. The second kappa shape index (κ2) is 11.0. The van der Waals surface area contributed by atoms with Crippen molar-refractivity contribution in [2.24, 2.45) is 5.41 Å². The molecule has 2 aromatic heterocycles. The summed E-state index contributed by atoms with van der Waals surface area (Å²) in [6.45, 7) is 10.1. The third-order valence-corrected chi connectivity index (χ3v) is 10.0. The molecule has 4 aliphatic heterocycles. The van der Waals surface area contributed by atoms with Crippen LogP contribution < -0.4 is 14.4 Å². The SMILES string of the molecule is C[C@@H]1Oc2nc(Cl)c(F)c3nc(OCC4(CN5CCC(=C(F)F)CC5)CC4)nc(c23)N2C[C@H]3CC[C@@H]([C@@H]12)N3C(=O)OC(C)(C)C. The molecule has 4 atom stereocenters. The molecule has 45 heavy (non-hydrogen) atoms. The van der Waals surface area contributed by atoms with E-state index in [9.17, 15) is 13.6 Å². The fourth-order valence-corrected chi connectivity index (χ4v) is 7.61. The number of nitrogens with zero attached hydrogens (tertiary/aromatic N) is 6. The number of likely N-dealkylation sites (tertiary alicyclic amines) is 1. The highest BCUT2D eigenvalue weighted by atomic mass is 35.5. The molecule has 1 amide bonds. The van der Waals surface area contributed by atoms with Gasteiger partial charge in [-0.3, -0.25) is 4.90 Å². The molecule has 5 aliphatic rings. The van der Waals surface area contributed by atoms with Crippen molar-refractivity contribution < 1.29 is 32.2 Å². The van der Waals surface area contributed by atoms with E-state index in [-0.39, 0.29) is 57.8 Å². The third-order valence-electron chi connectivity index (χ3n) is 9.79. The molecule has 6 heterocycles. The van der Waals surface area contributed by atoms with Gasteiger partial charge >= 0.3 is 12.1 Å². The van der Waals surface area contributed by atoms with Crippen LogP contribution in [0.4, 0.5) is 23.8 Å². The number of rotatable bonds is 5. The molecule has 2 aromatic rings. The Balaban J connectivity index is 1.18. The molecule has 0 spiro atoms. The Labute approximate surface area is 264 Å². The molecule has 1 aliphatic carbocycles. The highest BCUT2D eigenvalue weighted by molar-refractivity contribution is 6.30. The quantitative estimate of drug-likeness (QED) is 0.364. The van der Waals surface area contributed by atoms with E-state index in [0.717, 1.165) is 32.2 Å². The number of carbonyl (C=O) groups excluding carboxylic acids is 1. The first-order chi connectivity index (χ1) is 21.3. The van der Waals surface area contributed by atoms with E-state index in [1.807, 2.05) is 32.6 Å². The predicted molar refractivity (Wildman–Crippen MR) is 160 cm³/mol. The van der Waals surface area contributed by atoms with Gasteiger partial charge in [0, 0.05) is 31.6 Å². The zero-order valence-electron chi connectivity index (χ0n) is 25.9. The number of fused-ring (bicyclic) bond motifs is 5. The Bertz CT molecular complexity index is 1550. The topological polar surface area (TPSA) is 93.2 Å². The molecule has 14 heteroatoms. The smallest absolute Gasteiger partial charge is 0.410 e. The average Bonchev–Trinajstić information content (AvgIpc) is 3.69. The maximum Gasteiger partial charge on any atom is 0.410 e. The van der Waals surface area contributed by atoms with Gasteiger partial charge < -0.3 is 24.0 Å². The van der Waals surface area contributed by atoms with Crippen LogP contribution in [0, 0.1) is 11.2 Å². The Kier molecular flexibility index (Phi) is 7.50. The molecule has 0 aromatic carbocycles. The lowest BCUT2D eigenvalue weighted by atomic mass is 9.98. The van der Waals surface area contributed by atoms with Gasteiger partial charge in [-0.05, 0) is 71.8 Å². The molecule has 0 unspecified atom stereocenters. The van der Waals surface area contributed by atoms with Crippen LogP contribution in [0.2, 0.25) is 5.15 Å². The molecule has 0 N–H and O–H groups in total. The summed E-state index contributed by atoms with van der Waals surface area (Å²) in [5.74, 6) is -0.203. The largest absolute Gasteiger partial charge is 0.472 e. The van der Waals surface area contributed by atoms with Crippen molar-refractivity contribution >= 4 is 34.4 Å². The fraction of sp³-hybridized carbons (Fsp3) is 0.677. The van der Waals surface area contributed by atoms with Crippen LogP contribution in [0.15, 0.2) is 11.7 Å². The first-order valence-electron chi connectivity index (χ1n) is 15.7. The fourth-order valence-electron chi connectivity index (χ4n) is 7.44. The van der Waals surface area contributed by atoms with Gasteiger partial charge in [-0.2, -0.15) is 23.7 Å². The minimum Gasteiger partial charge on any atom is -0.472 e. The minimum absolute atomic E-state index is 0.0227. The second-order valence-electron chi connectivity index (χ2n) is 14.2. The maximum absolute atomic E-state index is 15.6. The summed E-state index contributed by atoms with van der Waals surface area (Å²) in [5, 5.41) is -0.0407. The van der Waals surface area contributed by atoms with E-state index in [0.29, 0.717) is 50.3 Å². The van der Waals surface area contributed by atoms with Crippen molar-refractivity contribution in [1.29, 1.82) is 0 Å². The van der Waals surface area contributed by atoms with E-state index in [4.69, 9.17) is 30.8 Å². The number of hydrogen-bond acceptors (Lipinski definition) is 9. The normalized spacial score (nSPS) is 27.2. The summed E-state index contributed by atoms with van der Waals surface area (Å²) in [7, 11) is 0. The van der Waals surface area contributed by atoms with Crippen molar-refractivity contribution in [2.45, 2.75) is 96.1 Å². The van der Waals surface area contributed by atoms with Crippen molar-refractivity contribution in [3.05, 3.63) is 22.6 Å². The number of pyridine rings is 1. The maximum atomic E-state index is 15.6. The lowest BCUT2D eigenvalue weighted by Crippen LogP contribution is -2.65. The Morgan fingerprint density at radius 1 is 1.13 bits per heavy atom. The number of amides is 1. The van der Waals surface area contributed by atoms with Gasteiger partial charge in [0.05, 0.1) is 24.7 Å². The summed E-state index contributed by atoms with van der Waals surface area (Å²) in [5.41, 5.74) is -0.570. The zero-order valence-corrected chi connectivity index (χ0v) is 26.7. The minimum atomic E-state index is -1.56. The summed E-state index contributed by atoms with van der Waals surface area (Å²) in [6, 6.07) is -0.650. The van der Waals surface area contributed by atoms with Gasteiger partial charge in [0.15, 0.2) is 11.0 Å². The summed E-state index contributed by atoms with van der Waals surface area (Å²) < 4.78 is 60.0. The Morgan fingerprint density at radius 2 is 1.87 bits per heavy atom. The highest BCUT2D eigenvalue weighted by Gasteiger charge is 2.54. The third kappa shape index (κ3) is 5.64. The first-order valence-corrected chi connectivity index (χ1v) is 16.1. The Hall–Kier alpha value is -3.06. The molecule has 244 valence electrons. The van der Waals surface area contributed by atoms with Crippen molar-refractivity contribution in [2.75, 3.05) is 37.7 Å². The van der Waals surface area contributed by atoms with Crippen molar-refractivity contribution in [1.82, 2.24) is 24.8 Å². The van der Waals surface area contributed by atoms with Crippen LogP contribution in [-0.4, -0.2) is 93.5 Å². The molecular formula is C31H38ClF3N6O4. The number of halogens is 4. The van der Waals surface area contributed by atoms with Gasteiger partial charge in [-0.15, -0.1) is 0 Å². The standard InChI is InChI=1S/C31H38ClF3N6O4/c1-16-23-19-6-5-18(41(19)29(42)45-30(2,3)4)13-40(23)26-20-22(21(33)24(32)37-27(20)44-16)36-28(38-26)43-15-31(9-10-31)14-39-11-7-17(8-12-39)25(34)35/h16,18-19,23H,5-15H2,1-4H3/t16-,18+,19-,23+/m0/s1. The van der Waals surface area contributed by atoms with Crippen LogP contribution in [0.25, 0.3) is 10.9 Å². The summed E-state index contributed by atoms with van der Waals surface area (Å²) >= 11 is 6.24. The van der Waals surface area contributed by atoms with Gasteiger partial charge in [-0.1, -0.05) is 11.6 Å². The second-order valence-corrected chi connectivity index (χ2v) is 14.5. The molecule has 7 rings (SSSR count). The number of ether oxygens (including phenoxy) is 3. The number of piperidine rings is 1. The number of hydrogen-bond donors (Lipinski definition) is 0. The first kappa shape index (κ1) is 30.6. The van der Waals surface area contributed by atoms with Crippen molar-refractivity contribution in [3.63, 3.8) is 0 Å². The van der Waals surface area contributed by atoms with Crippen LogP contribution in [-0.2, 0) is 4.74 Å². The van der Waals surface area contributed by atoms with Gasteiger partial charge in [0.25, 0.3) is 6.08 Å². The van der Waals surface area contributed by atoms with Gasteiger partial charge in [0.2, 0.25) is 5.88 Å². The van der Waals surface area contributed by atoms with Crippen molar-refractivity contribution in [3.8, 4) is 11.9 Å². The molecule has 2 bridgehead atoms.